The fourth-order valence-electron chi connectivity index (χ4n) is 2.29. The summed E-state index contributed by atoms with van der Waals surface area (Å²) in [5.41, 5.74) is 1.13. The number of carboxylic acid groups (broad SMARTS) is 1. The number of aliphatic carboxylic acids is 1. The number of carbonyl (C=O) groups is 3. The number of carboxylic acids is 1. The molecule has 0 aromatic heterocycles. The van der Waals surface area contributed by atoms with E-state index in [1.54, 1.807) is 29.6 Å². The first-order valence-corrected chi connectivity index (χ1v) is 6.63. The van der Waals surface area contributed by atoms with Gasteiger partial charge in [0.2, 0.25) is 5.91 Å². The van der Waals surface area contributed by atoms with Crippen molar-refractivity contribution >= 4 is 17.8 Å². The van der Waals surface area contributed by atoms with Crippen LogP contribution in [0.2, 0.25) is 0 Å². The Hall–Kier alpha value is -2.58. The zero-order chi connectivity index (χ0) is 17.2. The van der Waals surface area contributed by atoms with E-state index in [4.69, 9.17) is 5.11 Å². The van der Waals surface area contributed by atoms with E-state index in [1.165, 1.54) is 0 Å². The van der Waals surface area contributed by atoms with Crippen LogP contribution in [0.3, 0.4) is 0 Å². The maximum absolute atomic E-state index is 12.3. The van der Waals surface area contributed by atoms with Crippen molar-refractivity contribution in [3.05, 3.63) is 35.4 Å². The normalized spacial score (nSPS) is 15.3. The number of hydrogen-bond acceptors (Lipinski definition) is 3. The Balaban J connectivity index is 1.97. The van der Waals surface area contributed by atoms with Crippen LogP contribution in [-0.4, -0.2) is 46.6 Å². The Morgan fingerprint density at radius 3 is 2.52 bits per heavy atom. The van der Waals surface area contributed by atoms with Gasteiger partial charge in [-0.05, 0) is 11.6 Å². The van der Waals surface area contributed by atoms with Crippen LogP contribution >= 0.6 is 0 Å². The van der Waals surface area contributed by atoms with Gasteiger partial charge in [0, 0.05) is 12.1 Å². The monoisotopic (exact) mass is 330 g/mol. The maximum Gasteiger partial charge on any atom is 0.391 e. The fraction of sp³-hybridized carbons (Fsp3) is 0.357. The highest BCUT2D eigenvalue weighted by atomic mass is 19.4. The van der Waals surface area contributed by atoms with Gasteiger partial charge in [0.05, 0.1) is 6.42 Å². The Kier molecular flexibility index (Phi) is 4.57. The molecular weight excluding hydrogens is 317 g/mol. The van der Waals surface area contributed by atoms with Crippen molar-refractivity contribution in [2.75, 3.05) is 6.54 Å². The van der Waals surface area contributed by atoms with E-state index < -0.39 is 43.0 Å². The van der Waals surface area contributed by atoms with Crippen LogP contribution in [0, 0.1) is 0 Å². The van der Waals surface area contributed by atoms with Crippen molar-refractivity contribution in [1.82, 2.24) is 10.2 Å². The third-order valence-corrected chi connectivity index (χ3v) is 3.30. The van der Waals surface area contributed by atoms with E-state index in [0.29, 0.717) is 11.1 Å². The van der Waals surface area contributed by atoms with Crippen LogP contribution in [0.15, 0.2) is 24.3 Å². The molecule has 1 aromatic carbocycles. The van der Waals surface area contributed by atoms with E-state index in [9.17, 15) is 27.6 Å². The van der Waals surface area contributed by atoms with Crippen LogP contribution in [0.25, 0.3) is 0 Å². The molecule has 2 rings (SSSR count). The predicted octanol–water partition coefficient (Wildman–Crippen LogP) is 1.16. The van der Waals surface area contributed by atoms with Gasteiger partial charge in [0.25, 0.3) is 5.91 Å². The fourth-order valence-corrected chi connectivity index (χ4v) is 2.29. The smallest absolute Gasteiger partial charge is 0.391 e. The zero-order valence-corrected chi connectivity index (χ0v) is 11.8. The molecule has 6 nitrogen and oxygen atoms in total. The first-order chi connectivity index (χ1) is 10.7. The molecular formula is C14H13F3N2O4. The highest BCUT2D eigenvalue weighted by molar-refractivity contribution is 6.00. The summed E-state index contributed by atoms with van der Waals surface area (Å²) < 4.78 is 36.9. The lowest BCUT2D eigenvalue weighted by atomic mass is 10.1. The topological polar surface area (TPSA) is 86.7 Å². The molecule has 0 radical (unpaired) electrons. The Morgan fingerprint density at radius 1 is 1.30 bits per heavy atom. The third-order valence-electron chi connectivity index (χ3n) is 3.30. The molecule has 0 saturated carbocycles. The van der Waals surface area contributed by atoms with Crippen molar-refractivity contribution in [2.45, 2.75) is 25.2 Å². The molecule has 0 aliphatic carbocycles. The number of rotatable bonds is 5. The summed E-state index contributed by atoms with van der Waals surface area (Å²) >= 11 is 0. The molecule has 0 fully saturated rings. The molecule has 0 spiro atoms. The average Bonchev–Trinajstić information content (AvgIpc) is 2.73. The molecule has 1 aliphatic heterocycles. The van der Waals surface area contributed by atoms with Gasteiger partial charge in [-0.15, -0.1) is 0 Å². The van der Waals surface area contributed by atoms with E-state index in [1.807, 2.05) is 0 Å². The Bertz CT molecular complexity index is 645. The molecule has 1 heterocycles. The number of alkyl halides is 3. The summed E-state index contributed by atoms with van der Waals surface area (Å²) in [4.78, 5) is 35.7. The second-order valence-corrected chi connectivity index (χ2v) is 5.10. The van der Waals surface area contributed by atoms with E-state index in [0.717, 1.165) is 4.90 Å². The number of amides is 2. The largest absolute Gasteiger partial charge is 0.480 e. The summed E-state index contributed by atoms with van der Waals surface area (Å²) in [6.07, 6.45) is -6.40. The van der Waals surface area contributed by atoms with Gasteiger partial charge in [-0.1, -0.05) is 18.2 Å². The minimum atomic E-state index is -4.73. The summed E-state index contributed by atoms with van der Waals surface area (Å²) in [7, 11) is 0. The first kappa shape index (κ1) is 16.8. The Morgan fingerprint density at radius 2 is 1.96 bits per heavy atom. The highest BCUT2D eigenvalue weighted by Gasteiger charge is 2.37. The second-order valence-electron chi connectivity index (χ2n) is 5.10. The van der Waals surface area contributed by atoms with Crippen molar-refractivity contribution in [3.8, 4) is 0 Å². The SMILES string of the molecule is O=C(CN1Cc2ccccc2C1=O)NC(CC(F)(F)F)C(=O)O. The summed E-state index contributed by atoms with van der Waals surface area (Å²) in [5.74, 6) is -3.16. The van der Waals surface area contributed by atoms with E-state index in [2.05, 4.69) is 0 Å². The molecule has 1 aromatic rings. The molecule has 1 unspecified atom stereocenters. The standard InChI is InChI=1S/C14H13F3N2O4/c15-14(16,17)5-10(13(22)23)18-11(20)7-19-6-8-3-1-2-4-9(8)12(19)21/h1-4,10H,5-7H2,(H,18,20)(H,22,23). The lowest BCUT2D eigenvalue weighted by Crippen LogP contribution is -2.47. The van der Waals surface area contributed by atoms with Crippen molar-refractivity contribution < 1.29 is 32.7 Å². The number of carbonyl (C=O) groups excluding carboxylic acids is 2. The van der Waals surface area contributed by atoms with Crippen molar-refractivity contribution in [3.63, 3.8) is 0 Å². The minimum absolute atomic E-state index is 0.152. The summed E-state index contributed by atoms with van der Waals surface area (Å²) in [6.45, 7) is -0.353. The van der Waals surface area contributed by atoms with Crippen LogP contribution < -0.4 is 5.32 Å². The van der Waals surface area contributed by atoms with Crippen LogP contribution in [0.5, 0.6) is 0 Å². The van der Waals surface area contributed by atoms with Gasteiger partial charge in [0.15, 0.2) is 0 Å². The molecule has 1 aliphatic rings. The number of halogens is 3. The van der Waals surface area contributed by atoms with Crippen LogP contribution in [-0.2, 0) is 16.1 Å². The third kappa shape index (κ3) is 4.21. The van der Waals surface area contributed by atoms with Gasteiger partial charge in [-0.3, -0.25) is 9.59 Å². The van der Waals surface area contributed by atoms with Crippen molar-refractivity contribution in [2.24, 2.45) is 0 Å². The quantitative estimate of drug-likeness (QED) is 0.848. The van der Waals surface area contributed by atoms with Gasteiger partial charge >= 0.3 is 12.1 Å². The van der Waals surface area contributed by atoms with Gasteiger partial charge in [0.1, 0.15) is 12.6 Å². The van der Waals surface area contributed by atoms with E-state index in [-0.39, 0.29) is 6.54 Å². The van der Waals surface area contributed by atoms with Gasteiger partial charge in [-0.2, -0.15) is 13.2 Å². The molecule has 2 amide bonds. The first-order valence-electron chi connectivity index (χ1n) is 6.63. The average molecular weight is 330 g/mol. The molecule has 2 N–H and O–H groups in total. The highest BCUT2D eigenvalue weighted by Crippen LogP contribution is 2.23. The number of hydrogen-bond donors (Lipinski definition) is 2. The molecule has 124 valence electrons. The number of nitrogens with one attached hydrogen (secondary N) is 1. The minimum Gasteiger partial charge on any atom is -0.480 e. The molecule has 23 heavy (non-hydrogen) atoms. The predicted molar refractivity (Wildman–Crippen MR) is 71.4 cm³/mol. The molecule has 1 atom stereocenters. The maximum atomic E-state index is 12.3. The molecule has 9 heteroatoms. The van der Waals surface area contributed by atoms with Crippen LogP contribution in [0.4, 0.5) is 13.2 Å². The number of fused-ring (bicyclic) bond motifs is 1. The van der Waals surface area contributed by atoms with Crippen LogP contribution in [0.1, 0.15) is 22.3 Å². The van der Waals surface area contributed by atoms with Gasteiger partial charge < -0.3 is 15.3 Å². The number of nitrogens with zero attached hydrogens (tertiary/aromatic N) is 1. The number of benzene rings is 1. The lowest BCUT2D eigenvalue weighted by Gasteiger charge is -2.19. The zero-order valence-electron chi connectivity index (χ0n) is 11.8. The lowest BCUT2D eigenvalue weighted by molar-refractivity contribution is -0.160. The molecule has 0 bridgehead atoms. The summed E-state index contributed by atoms with van der Waals surface area (Å²) in [6, 6.07) is 4.58. The summed E-state index contributed by atoms with van der Waals surface area (Å²) in [5, 5.41) is 10.5. The second kappa shape index (κ2) is 6.27. The van der Waals surface area contributed by atoms with E-state index >= 15 is 0 Å². The van der Waals surface area contributed by atoms with Crippen molar-refractivity contribution in [1.29, 1.82) is 0 Å². The Labute approximate surface area is 128 Å². The van der Waals surface area contributed by atoms with Gasteiger partial charge in [-0.25, -0.2) is 4.79 Å². The molecule has 0 saturated heterocycles.